The van der Waals surface area contributed by atoms with Crippen LogP contribution in [0.4, 0.5) is 5.69 Å². The molecule has 1 aromatic heterocycles. The summed E-state index contributed by atoms with van der Waals surface area (Å²) in [6.07, 6.45) is 3.52. The maximum Gasteiger partial charge on any atom is 0.253 e. The number of likely N-dealkylation sites (tertiary alicyclic amines) is 1. The molecule has 0 unspecified atom stereocenters. The minimum absolute atomic E-state index is 0.0653. The van der Waals surface area contributed by atoms with Gasteiger partial charge in [0.25, 0.3) is 5.91 Å². The second-order valence-corrected chi connectivity index (χ2v) is 6.30. The third-order valence-electron chi connectivity index (χ3n) is 4.67. The number of aromatic nitrogens is 2. The number of benzene rings is 1. The zero-order valence-corrected chi connectivity index (χ0v) is 14.0. The Hall–Kier alpha value is -2.34. The lowest BCUT2D eigenvalue weighted by atomic mass is 9.97. The lowest BCUT2D eigenvalue weighted by molar-refractivity contribution is 0.0651. The van der Waals surface area contributed by atoms with Crippen molar-refractivity contribution in [3.8, 4) is 0 Å². The number of aryl methyl sites for hydroxylation is 1. The molecule has 1 aliphatic rings. The molecule has 0 atom stereocenters. The average molecular weight is 328 g/mol. The predicted octanol–water partition coefficient (Wildman–Crippen LogP) is 1.88. The molecule has 0 radical (unpaired) electrons. The molecule has 128 valence electrons. The molecule has 1 fully saturated rings. The van der Waals surface area contributed by atoms with Crippen LogP contribution in [0.1, 0.15) is 28.9 Å². The first-order valence-corrected chi connectivity index (χ1v) is 8.38. The molecule has 0 spiro atoms. The number of carbonyl (C=O) groups excluding carboxylic acids is 1. The van der Waals surface area contributed by atoms with Gasteiger partial charge in [-0.05, 0) is 43.0 Å². The minimum atomic E-state index is 0.0653. The largest absolute Gasteiger partial charge is 0.396 e. The van der Waals surface area contributed by atoms with Gasteiger partial charge in [-0.25, -0.2) is 0 Å². The van der Waals surface area contributed by atoms with Crippen LogP contribution in [-0.2, 0) is 13.6 Å². The van der Waals surface area contributed by atoms with Gasteiger partial charge >= 0.3 is 0 Å². The lowest BCUT2D eigenvalue weighted by Crippen LogP contribution is -2.39. The van der Waals surface area contributed by atoms with Gasteiger partial charge in [-0.15, -0.1) is 0 Å². The Balaban J connectivity index is 1.62. The number of amides is 1. The summed E-state index contributed by atoms with van der Waals surface area (Å²) in [5, 5.41) is 16.7. The maximum atomic E-state index is 12.7. The van der Waals surface area contributed by atoms with Crippen LogP contribution in [0.25, 0.3) is 0 Å². The summed E-state index contributed by atoms with van der Waals surface area (Å²) >= 11 is 0. The molecule has 1 amide bonds. The Kier molecular flexibility index (Phi) is 5.15. The number of rotatable bonds is 5. The summed E-state index contributed by atoms with van der Waals surface area (Å²) in [7, 11) is 1.91. The highest BCUT2D eigenvalue weighted by molar-refractivity contribution is 5.95. The molecule has 6 heteroatoms. The fourth-order valence-corrected chi connectivity index (χ4v) is 3.03. The molecule has 2 heterocycles. The van der Waals surface area contributed by atoms with E-state index in [0.717, 1.165) is 37.3 Å². The van der Waals surface area contributed by atoms with Crippen molar-refractivity contribution in [2.75, 3.05) is 25.0 Å². The van der Waals surface area contributed by atoms with Gasteiger partial charge in [0, 0.05) is 44.2 Å². The van der Waals surface area contributed by atoms with Gasteiger partial charge < -0.3 is 15.3 Å². The van der Waals surface area contributed by atoms with E-state index in [-0.39, 0.29) is 12.5 Å². The predicted molar refractivity (Wildman–Crippen MR) is 92.7 cm³/mol. The monoisotopic (exact) mass is 328 g/mol. The van der Waals surface area contributed by atoms with E-state index in [2.05, 4.69) is 10.4 Å². The molecule has 6 nitrogen and oxygen atoms in total. The van der Waals surface area contributed by atoms with Crippen LogP contribution in [0.5, 0.6) is 0 Å². The third-order valence-corrected chi connectivity index (χ3v) is 4.67. The Morgan fingerprint density at radius 2 is 2.12 bits per heavy atom. The number of hydrogen-bond acceptors (Lipinski definition) is 4. The van der Waals surface area contributed by atoms with Gasteiger partial charge in [-0.1, -0.05) is 6.07 Å². The summed E-state index contributed by atoms with van der Waals surface area (Å²) < 4.78 is 1.83. The molecule has 3 rings (SSSR count). The number of piperidine rings is 1. The van der Waals surface area contributed by atoms with E-state index in [1.165, 1.54) is 0 Å². The van der Waals surface area contributed by atoms with Crippen LogP contribution >= 0.6 is 0 Å². The molecule has 2 N–H and O–H groups in total. The molecule has 1 aliphatic heterocycles. The van der Waals surface area contributed by atoms with Gasteiger partial charge in [0.05, 0.1) is 12.2 Å². The van der Waals surface area contributed by atoms with E-state index in [4.69, 9.17) is 0 Å². The summed E-state index contributed by atoms with van der Waals surface area (Å²) in [5.41, 5.74) is 2.71. The zero-order chi connectivity index (χ0) is 16.9. The first-order valence-electron chi connectivity index (χ1n) is 8.38. The quantitative estimate of drug-likeness (QED) is 0.879. The summed E-state index contributed by atoms with van der Waals surface area (Å²) in [6.45, 7) is 2.32. The van der Waals surface area contributed by atoms with Gasteiger partial charge in [-0.3, -0.25) is 9.48 Å². The smallest absolute Gasteiger partial charge is 0.253 e. The van der Waals surface area contributed by atoms with Gasteiger partial charge in [0.15, 0.2) is 0 Å². The Morgan fingerprint density at radius 3 is 2.79 bits per heavy atom. The minimum Gasteiger partial charge on any atom is -0.396 e. The summed E-state index contributed by atoms with van der Waals surface area (Å²) in [4.78, 5) is 14.5. The maximum absolute atomic E-state index is 12.7. The van der Waals surface area contributed by atoms with Gasteiger partial charge in [0.1, 0.15) is 0 Å². The Morgan fingerprint density at radius 1 is 1.33 bits per heavy atom. The van der Waals surface area contributed by atoms with E-state index in [1.807, 2.05) is 47.0 Å². The van der Waals surface area contributed by atoms with Crippen molar-refractivity contribution >= 4 is 11.6 Å². The number of anilines is 1. The number of hydrogen-bond donors (Lipinski definition) is 2. The van der Waals surface area contributed by atoms with Crippen LogP contribution < -0.4 is 5.32 Å². The van der Waals surface area contributed by atoms with Gasteiger partial charge in [0.2, 0.25) is 0 Å². The van der Waals surface area contributed by atoms with Crippen molar-refractivity contribution in [1.82, 2.24) is 14.7 Å². The number of aliphatic hydroxyl groups is 1. The van der Waals surface area contributed by atoms with Crippen LogP contribution in [0.3, 0.4) is 0 Å². The fourth-order valence-electron chi connectivity index (χ4n) is 3.03. The van der Waals surface area contributed by atoms with E-state index >= 15 is 0 Å². The van der Waals surface area contributed by atoms with Crippen LogP contribution in [0.15, 0.2) is 36.5 Å². The van der Waals surface area contributed by atoms with Crippen LogP contribution in [0, 0.1) is 5.92 Å². The van der Waals surface area contributed by atoms with Crippen molar-refractivity contribution in [2.24, 2.45) is 13.0 Å². The van der Waals surface area contributed by atoms with Crippen molar-refractivity contribution in [3.63, 3.8) is 0 Å². The standard InChI is InChI=1S/C18H24N4O2/c1-21-17(5-8-20-21)12-19-16-4-2-3-15(11-16)18(24)22-9-6-14(13-23)7-10-22/h2-5,8,11,14,19,23H,6-7,9-10,12-13H2,1H3. The SMILES string of the molecule is Cn1nccc1CNc1cccc(C(=O)N2CCC(CO)CC2)c1. The third kappa shape index (κ3) is 3.76. The molecular formula is C18H24N4O2. The highest BCUT2D eigenvalue weighted by atomic mass is 16.3. The van der Waals surface area contributed by atoms with Crippen molar-refractivity contribution in [2.45, 2.75) is 19.4 Å². The van der Waals surface area contributed by atoms with E-state index in [1.54, 1.807) is 6.20 Å². The van der Waals surface area contributed by atoms with Crippen molar-refractivity contribution < 1.29 is 9.90 Å². The molecular weight excluding hydrogens is 304 g/mol. The summed E-state index contributed by atoms with van der Waals surface area (Å²) in [6, 6.07) is 9.59. The zero-order valence-electron chi connectivity index (χ0n) is 14.0. The Bertz CT molecular complexity index is 690. The average Bonchev–Trinajstić information content (AvgIpc) is 3.04. The Labute approximate surface area is 142 Å². The summed E-state index contributed by atoms with van der Waals surface area (Å²) in [5.74, 6) is 0.400. The molecule has 0 saturated carbocycles. The number of nitrogens with zero attached hydrogens (tertiary/aromatic N) is 3. The first-order chi connectivity index (χ1) is 11.7. The normalized spacial score (nSPS) is 15.5. The second-order valence-electron chi connectivity index (χ2n) is 6.30. The lowest BCUT2D eigenvalue weighted by Gasteiger charge is -2.31. The first kappa shape index (κ1) is 16.5. The van der Waals surface area contributed by atoms with Crippen LogP contribution in [-0.4, -0.2) is 45.4 Å². The molecule has 0 bridgehead atoms. The highest BCUT2D eigenvalue weighted by Gasteiger charge is 2.23. The number of carbonyl (C=O) groups is 1. The van der Waals surface area contributed by atoms with E-state index < -0.39 is 0 Å². The topological polar surface area (TPSA) is 70.4 Å². The number of aliphatic hydroxyl groups excluding tert-OH is 1. The second kappa shape index (κ2) is 7.49. The van der Waals surface area contributed by atoms with E-state index in [0.29, 0.717) is 18.0 Å². The molecule has 24 heavy (non-hydrogen) atoms. The highest BCUT2D eigenvalue weighted by Crippen LogP contribution is 2.20. The molecule has 2 aromatic rings. The molecule has 1 aromatic carbocycles. The molecule has 0 aliphatic carbocycles. The van der Waals surface area contributed by atoms with Crippen molar-refractivity contribution in [1.29, 1.82) is 0 Å². The van der Waals surface area contributed by atoms with Gasteiger partial charge in [-0.2, -0.15) is 5.10 Å². The fraction of sp³-hybridized carbons (Fsp3) is 0.444. The molecule has 1 saturated heterocycles. The van der Waals surface area contributed by atoms with E-state index in [9.17, 15) is 9.90 Å². The number of nitrogens with one attached hydrogen (secondary N) is 1. The van der Waals surface area contributed by atoms with Crippen LogP contribution in [0.2, 0.25) is 0 Å². The van der Waals surface area contributed by atoms with Crippen molar-refractivity contribution in [3.05, 3.63) is 47.8 Å².